The predicted octanol–water partition coefficient (Wildman–Crippen LogP) is 4.40. The second kappa shape index (κ2) is 7.20. The highest BCUT2D eigenvalue weighted by molar-refractivity contribution is 8.04. The van der Waals surface area contributed by atoms with Crippen LogP contribution in [0.5, 0.6) is 0 Å². The van der Waals surface area contributed by atoms with E-state index in [4.69, 9.17) is 16.5 Å². The third-order valence-corrected chi connectivity index (χ3v) is 6.55. The molecule has 2 aromatic carbocycles. The molecule has 0 aliphatic carbocycles. The van der Waals surface area contributed by atoms with E-state index in [0.717, 1.165) is 22.1 Å². The number of hydrogen-bond acceptors (Lipinski definition) is 6. The van der Waals surface area contributed by atoms with Crippen molar-refractivity contribution >= 4 is 29.5 Å². The summed E-state index contributed by atoms with van der Waals surface area (Å²) < 4.78 is 0. The van der Waals surface area contributed by atoms with Crippen molar-refractivity contribution in [3.05, 3.63) is 69.9 Å². The van der Waals surface area contributed by atoms with Gasteiger partial charge in [-0.25, -0.2) is 4.99 Å². The van der Waals surface area contributed by atoms with Gasteiger partial charge >= 0.3 is 0 Å². The lowest BCUT2D eigenvalue weighted by Crippen LogP contribution is -2.51. The summed E-state index contributed by atoms with van der Waals surface area (Å²) >= 11 is 1.56. The van der Waals surface area contributed by atoms with E-state index in [-0.39, 0.29) is 17.1 Å². The first kappa shape index (κ1) is 20.0. The average Bonchev–Trinajstić information content (AvgIpc) is 2.98. The van der Waals surface area contributed by atoms with Gasteiger partial charge in [-0.1, -0.05) is 62.9 Å². The van der Waals surface area contributed by atoms with Crippen LogP contribution >= 0.6 is 11.8 Å². The zero-order valence-corrected chi connectivity index (χ0v) is 18.5. The van der Waals surface area contributed by atoms with Crippen molar-refractivity contribution in [2.75, 3.05) is 9.80 Å². The molecular weight excluding hydrogens is 378 g/mol. The van der Waals surface area contributed by atoms with Crippen LogP contribution in [0.4, 0.5) is 11.4 Å². The summed E-state index contributed by atoms with van der Waals surface area (Å²) in [5.74, 6) is 0. The largest absolute Gasteiger partial charge is 0.314 e. The van der Waals surface area contributed by atoms with E-state index in [9.17, 15) is 0 Å². The minimum absolute atomic E-state index is 0.111. The highest BCUT2D eigenvalue weighted by atomic mass is 32.2. The van der Waals surface area contributed by atoms with Crippen LogP contribution < -0.4 is 21.3 Å². The SMILES string of the molecule is Cc1cccc(C)c1N1C2=C(N=CN(c3ccc(C(C)(C)C)cc3)C2N)SC1N. The smallest absolute Gasteiger partial charge is 0.136 e. The van der Waals surface area contributed by atoms with Crippen LogP contribution in [-0.4, -0.2) is 18.0 Å². The normalized spacial score (nSPS) is 21.8. The first-order valence-corrected chi connectivity index (χ1v) is 10.8. The van der Waals surface area contributed by atoms with E-state index in [1.165, 1.54) is 16.7 Å². The summed E-state index contributed by atoms with van der Waals surface area (Å²) in [7, 11) is 0. The number of para-hydroxylation sites is 1. The molecule has 4 N–H and O–H groups in total. The number of nitrogens with two attached hydrogens (primary N) is 2. The summed E-state index contributed by atoms with van der Waals surface area (Å²) in [6, 6.07) is 14.8. The van der Waals surface area contributed by atoms with Gasteiger partial charge in [0.05, 0.1) is 12.0 Å². The quantitative estimate of drug-likeness (QED) is 0.772. The van der Waals surface area contributed by atoms with E-state index in [1.807, 2.05) is 11.2 Å². The number of anilines is 2. The van der Waals surface area contributed by atoms with Crippen molar-refractivity contribution in [2.45, 2.75) is 51.7 Å². The van der Waals surface area contributed by atoms with Crippen LogP contribution in [0.2, 0.25) is 0 Å². The molecule has 152 valence electrons. The average molecular weight is 408 g/mol. The summed E-state index contributed by atoms with van der Waals surface area (Å²) in [4.78, 5) is 8.87. The topological polar surface area (TPSA) is 70.9 Å². The molecule has 0 radical (unpaired) electrons. The Bertz CT molecular complexity index is 967. The molecule has 2 unspecified atom stereocenters. The minimum Gasteiger partial charge on any atom is -0.314 e. The van der Waals surface area contributed by atoms with Crippen LogP contribution in [0.15, 0.2) is 58.2 Å². The fourth-order valence-electron chi connectivity index (χ4n) is 3.95. The number of nitrogens with zero attached hydrogens (tertiary/aromatic N) is 3. The molecule has 29 heavy (non-hydrogen) atoms. The number of rotatable bonds is 2. The van der Waals surface area contributed by atoms with E-state index in [0.29, 0.717) is 0 Å². The molecule has 2 atom stereocenters. The van der Waals surface area contributed by atoms with Gasteiger partial charge in [-0.3, -0.25) is 0 Å². The Kier molecular flexibility index (Phi) is 4.97. The maximum Gasteiger partial charge on any atom is 0.136 e. The maximum atomic E-state index is 6.78. The minimum atomic E-state index is -0.358. The van der Waals surface area contributed by atoms with Crippen LogP contribution in [0.3, 0.4) is 0 Å². The lowest BCUT2D eigenvalue weighted by atomic mass is 9.87. The molecular formula is C23H29N5S. The van der Waals surface area contributed by atoms with E-state index < -0.39 is 0 Å². The van der Waals surface area contributed by atoms with E-state index in [2.05, 4.69) is 82.0 Å². The Morgan fingerprint density at radius 1 is 0.966 bits per heavy atom. The van der Waals surface area contributed by atoms with Crippen molar-refractivity contribution in [1.82, 2.24) is 0 Å². The number of thioether (sulfide) groups is 1. The summed E-state index contributed by atoms with van der Waals surface area (Å²) in [5.41, 5.74) is 19.9. The summed E-state index contributed by atoms with van der Waals surface area (Å²) in [6.45, 7) is 10.9. The van der Waals surface area contributed by atoms with Gasteiger partial charge in [0.2, 0.25) is 0 Å². The Morgan fingerprint density at radius 3 is 2.17 bits per heavy atom. The molecule has 5 nitrogen and oxygen atoms in total. The Morgan fingerprint density at radius 2 is 1.59 bits per heavy atom. The fraction of sp³-hybridized carbons (Fsp3) is 0.348. The molecule has 0 bridgehead atoms. The Hall–Kier alpha value is -2.28. The van der Waals surface area contributed by atoms with Crippen LogP contribution in [0.1, 0.15) is 37.5 Å². The van der Waals surface area contributed by atoms with Crippen molar-refractivity contribution in [3.63, 3.8) is 0 Å². The number of benzene rings is 2. The lowest BCUT2D eigenvalue weighted by Gasteiger charge is -2.37. The van der Waals surface area contributed by atoms with Gasteiger partial charge in [0.15, 0.2) is 0 Å². The van der Waals surface area contributed by atoms with Crippen LogP contribution in [-0.2, 0) is 5.41 Å². The predicted molar refractivity (Wildman–Crippen MR) is 125 cm³/mol. The van der Waals surface area contributed by atoms with Crippen molar-refractivity contribution < 1.29 is 0 Å². The fourth-order valence-corrected chi connectivity index (χ4v) is 4.95. The molecule has 0 fully saturated rings. The van der Waals surface area contributed by atoms with Crippen LogP contribution in [0, 0.1) is 13.8 Å². The highest BCUT2D eigenvalue weighted by Crippen LogP contribution is 2.45. The second-order valence-electron chi connectivity index (χ2n) is 8.70. The molecule has 2 aliphatic rings. The number of aliphatic imine (C=N–C) groups is 1. The van der Waals surface area contributed by atoms with Crippen molar-refractivity contribution in [2.24, 2.45) is 16.5 Å². The van der Waals surface area contributed by atoms with E-state index in [1.54, 1.807) is 11.8 Å². The monoisotopic (exact) mass is 407 g/mol. The maximum absolute atomic E-state index is 6.78. The standard InChI is InChI=1S/C23H29N5S/c1-14-7-6-8-15(2)18(14)28-19-20(24)27(13-26-21(19)29-22(28)25)17-11-9-16(10-12-17)23(3,4)5/h6-13,20,22H,24-25H2,1-5H3. The van der Waals surface area contributed by atoms with Gasteiger partial charge in [-0.2, -0.15) is 0 Å². The Balaban J connectivity index is 1.71. The van der Waals surface area contributed by atoms with Crippen LogP contribution in [0.25, 0.3) is 0 Å². The number of hydrogen-bond donors (Lipinski definition) is 2. The molecule has 2 aliphatic heterocycles. The lowest BCUT2D eigenvalue weighted by molar-refractivity contribution is 0.590. The van der Waals surface area contributed by atoms with Crippen molar-refractivity contribution in [3.8, 4) is 0 Å². The molecule has 0 spiro atoms. The van der Waals surface area contributed by atoms with Gasteiger partial charge in [-0.15, -0.1) is 0 Å². The second-order valence-corrected chi connectivity index (χ2v) is 9.81. The summed E-state index contributed by atoms with van der Waals surface area (Å²) in [6.07, 6.45) is 1.46. The molecule has 2 aromatic rings. The van der Waals surface area contributed by atoms with Gasteiger partial charge < -0.3 is 21.3 Å². The van der Waals surface area contributed by atoms with Gasteiger partial charge in [0.25, 0.3) is 0 Å². The molecule has 6 heteroatoms. The summed E-state index contributed by atoms with van der Waals surface area (Å²) in [5, 5.41) is 0.898. The van der Waals surface area contributed by atoms with Crippen molar-refractivity contribution in [1.29, 1.82) is 0 Å². The van der Waals surface area contributed by atoms with Gasteiger partial charge in [0.1, 0.15) is 16.7 Å². The van der Waals surface area contributed by atoms with E-state index >= 15 is 0 Å². The van der Waals surface area contributed by atoms with Gasteiger partial charge in [-0.05, 0) is 48.1 Å². The molecule has 4 rings (SSSR count). The highest BCUT2D eigenvalue weighted by Gasteiger charge is 2.40. The molecule has 2 heterocycles. The zero-order valence-electron chi connectivity index (χ0n) is 17.7. The molecule has 0 saturated heterocycles. The Labute approximate surface area is 177 Å². The third kappa shape index (κ3) is 3.45. The number of aryl methyl sites for hydroxylation is 2. The molecule has 0 saturated carbocycles. The third-order valence-electron chi connectivity index (χ3n) is 5.56. The zero-order chi connectivity index (χ0) is 20.9. The van der Waals surface area contributed by atoms with Gasteiger partial charge in [0, 0.05) is 11.4 Å². The molecule has 0 aromatic heterocycles. The first-order chi connectivity index (χ1) is 13.7. The molecule has 0 amide bonds. The first-order valence-electron chi connectivity index (χ1n) is 9.89.